The summed E-state index contributed by atoms with van der Waals surface area (Å²) in [5.74, 6) is -0.141. The highest BCUT2D eigenvalue weighted by atomic mass is 16.1. The second-order valence-corrected chi connectivity index (χ2v) is 2.10. The SMILES string of the molecule is C=CC(=O)NC[CH]N(C)C. The summed E-state index contributed by atoms with van der Waals surface area (Å²) in [6.45, 7) is 5.73. The van der Waals surface area contributed by atoms with Gasteiger partial charge < -0.3 is 10.2 Å². The van der Waals surface area contributed by atoms with E-state index in [9.17, 15) is 4.79 Å². The number of hydrogen-bond donors (Lipinski definition) is 1. The maximum atomic E-state index is 10.5. The van der Waals surface area contributed by atoms with Crippen LogP contribution in [0, 0.1) is 6.54 Å². The zero-order valence-corrected chi connectivity index (χ0v) is 6.42. The van der Waals surface area contributed by atoms with Gasteiger partial charge in [0.05, 0.1) is 0 Å². The zero-order chi connectivity index (χ0) is 7.98. The van der Waals surface area contributed by atoms with Crippen LogP contribution in [0.3, 0.4) is 0 Å². The van der Waals surface area contributed by atoms with Gasteiger partial charge in [-0.15, -0.1) is 0 Å². The van der Waals surface area contributed by atoms with E-state index in [0.29, 0.717) is 6.54 Å². The van der Waals surface area contributed by atoms with Crippen LogP contribution < -0.4 is 5.32 Å². The summed E-state index contributed by atoms with van der Waals surface area (Å²) >= 11 is 0. The van der Waals surface area contributed by atoms with E-state index < -0.39 is 0 Å². The van der Waals surface area contributed by atoms with Gasteiger partial charge >= 0.3 is 0 Å². The summed E-state index contributed by atoms with van der Waals surface area (Å²) in [5, 5.41) is 2.61. The number of amides is 1. The minimum absolute atomic E-state index is 0.141. The molecule has 10 heavy (non-hydrogen) atoms. The van der Waals surface area contributed by atoms with E-state index >= 15 is 0 Å². The van der Waals surface area contributed by atoms with Gasteiger partial charge in [0.25, 0.3) is 0 Å². The van der Waals surface area contributed by atoms with Crippen LogP contribution in [0.15, 0.2) is 12.7 Å². The number of hydrogen-bond acceptors (Lipinski definition) is 2. The minimum Gasteiger partial charge on any atom is -0.351 e. The quantitative estimate of drug-likeness (QED) is 0.559. The molecule has 0 heterocycles. The number of carbonyl (C=O) groups is 1. The molecule has 0 aliphatic rings. The van der Waals surface area contributed by atoms with Crippen molar-refractivity contribution in [3.05, 3.63) is 19.2 Å². The molecule has 0 bridgehead atoms. The number of nitrogens with zero attached hydrogens (tertiary/aromatic N) is 1. The monoisotopic (exact) mass is 141 g/mol. The van der Waals surface area contributed by atoms with Crippen LogP contribution in [-0.2, 0) is 4.79 Å². The first-order valence-corrected chi connectivity index (χ1v) is 3.07. The fraction of sp³-hybridized carbons (Fsp3) is 0.429. The normalized spacial score (nSPS) is 9.50. The Balaban J connectivity index is 3.19. The van der Waals surface area contributed by atoms with Crippen molar-refractivity contribution >= 4 is 5.91 Å². The van der Waals surface area contributed by atoms with Crippen molar-refractivity contribution in [2.24, 2.45) is 0 Å². The topological polar surface area (TPSA) is 32.3 Å². The Hall–Kier alpha value is -0.830. The Labute approximate surface area is 61.7 Å². The highest BCUT2D eigenvalue weighted by molar-refractivity contribution is 5.86. The first-order valence-electron chi connectivity index (χ1n) is 3.07. The predicted octanol–water partition coefficient (Wildman–Crippen LogP) is 0.0120. The summed E-state index contributed by atoms with van der Waals surface area (Å²) in [4.78, 5) is 12.4. The summed E-state index contributed by atoms with van der Waals surface area (Å²) in [5.41, 5.74) is 0. The molecule has 0 aromatic rings. The van der Waals surface area contributed by atoms with Crippen molar-refractivity contribution in [3.63, 3.8) is 0 Å². The lowest BCUT2D eigenvalue weighted by molar-refractivity contribution is -0.116. The van der Waals surface area contributed by atoms with Gasteiger partial charge in [-0.25, -0.2) is 0 Å². The van der Waals surface area contributed by atoms with Crippen LogP contribution in [0.5, 0.6) is 0 Å². The molecule has 0 spiro atoms. The number of likely N-dealkylation sites (N-methyl/N-ethyl adjacent to an activating group) is 1. The molecular weight excluding hydrogens is 128 g/mol. The van der Waals surface area contributed by atoms with Crippen molar-refractivity contribution in [1.29, 1.82) is 0 Å². The van der Waals surface area contributed by atoms with E-state index in [2.05, 4.69) is 11.9 Å². The maximum absolute atomic E-state index is 10.5. The number of rotatable bonds is 4. The summed E-state index contributed by atoms with van der Waals surface area (Å²) in [6.07, 6.45) is 1.25. The largest absolute Gasteiger partial charge is 0.351 e. The molecule has 1 amide bonds. The average Bonchev–Trinajstić information content (AvgIpc) is 1.87. The third-order valence-corrected chi connectivity index (χ3v) is 0.918. The van der Waals surface area contributed by atoms with Crippen molar-refractivity contribution < 1.29 is 4.79 Å². The molecule has 0 atom stereocenters. The molecule has 3 heteroatoms. The highest BCUT2D eigenvalue weighted by Gasteiger charge is 1.92. The standard InChI is InChI=1S/C7H13N2O/c1-4-7(10)8-5-6-9(2)3/h4,6H,1,5H2,2-3H3,(H,8,10). The molecule has 0 saturated heterocycles. The molecule has 0 fully saturated rings. The van der Waals surface area contributed by atoms with E-state index in [1.165, 1.54) is 6.08 Å². The second-order valence-electron chi connectivity index (χ2n) is 2.10. The first-order chi connectivity index (χ1) is 4.66. The van der Waals surface area contributed by atoms with Gasteiger partial charge in [-0.2, -0.15) is 0 Å². The molecular formula is C7H13N2O. The Bertz CT molecular complexity index is 121. The Morgan fingerprint density at radius 1 is 1.70 bits per heavy atom. The minimum atomic E-state index is -0.141. The average molecular weight is 141 g/mol. The van der Waals surface area contributed by atoms with Crippen LogP contribution in [0.2, 0.25) is 0 Å². The van der Waals surface area contributed by atoms with Crippen LogP contribution in [0.1, 0.15) is 0 Å². The Morgan fingerprint density at radius 3 is 2.70 bits per heavy atom. The number of nitrogens with one attached hydrogen (secondary N) is 1. The van der Waals surface area contributed by atoms with Gasteiger partial charge in [-0.05, 0) is 20.2 Å². The van der Waals surface area contributed by atoms with Gasteiger partial charge in [-0.3, -0.25) is 4.79 Å². The summed E-state index contributed by atoms with van der Waals surface area (Å²) in [7, 11) is 3.81. The van der Waals surface area contributed by atoms with E-state index in [1.807, 2.05) is 25.5 Å². The Kier molecular flexibility index (Phi) is 4.58. The molecule has 0 unspecified atom stereocenters. The van der Waals surface area contributed by atoms with Crippen molar-refractivity contribution in [2.75, 3.05) is 20.6 Å². The van der Waals surface area contributed by atoms with Crippen molar-refractivity contribution in [2.45, 2.75) is 0 Å². The predicted molar refractivity (Wildman–Crippen MR) is 41.2 cm³/mol. The summed E-state index contributed by atoms with van der Waals surface area (Å²) in [6, 6.07) is 0. The van der Waals surface area contributed by atoms with Crippen molar-refractivity contribution in [1.82, 2.24) is 10.2 Å². The lowest BCUT2D eigenvalue weighted by Crippen LogP contribution is -2.26. The van der Waals surface area contributed by atoms with Crippen LogP contribution in [0.4, 0.5) is 0 Å². The van der Waals surface area contributed by atoms with Crippen LogP contribution >= 0.6 is 0 Å². The molecule has 0 saturated carbocycles. The molecule has 0 aromatic carbocycles. The van der Waals surface area contributed by atoms with Crippen LogP contribution in [0.25, 0.3) is 0 Å². The fourth-order valence-corrected chi connectivity index (χ4v) is 0.401. The lowest BCUT2D eigenvalue weighted by Gasteiger charge is -2.07. The van der Waals surface area contributed by atoms with Gasteiger partial charge in [0, 0.05) is 13.1 Å². The van der Waals surface area contributed by atoms with E-state index in [1.54, 1.807) is 0 Å². The third-order valence-electron chi connectivity index (χ3n) is 0.918. The molecule has 0 rings (SSSR count). The Morgan fingerprint density at radius 2 is 2.30 bits per heavy atom. The van der Waals surface area contributed by atoms with Gasteiger partial charge in [0.15, 0.2) is 0 Å². The second kappa shape index (κ2) is 4.99. The highest BCUT2D eigenvalue weighted by Crippen LogP contribution is 1.78. The molecule has 3 nitrogen and oxygen atoms in total. The fourth-order valence-electron chi connectivity index (χ4n) is 0.401. The van der Waals surface area contributed by atoms with E-state index in [-0.39, 0.29) is 5.91 Å². The van der Waals surface area contributed by atoms with E-state index in [0.717, 1.165) is 0 Å². The van der Waals surface area contributed by atoms with Gasteiger partial charge in [0.2, 0.25) is 5.91 Å². The smallest absolute Gasteiger partial charge is 0.243 e. The third kappa shape index (κ3) is 5.31. The number of carbonyl (C=O) groups excluding carboxylic acids is 1. The molecule has 1 radical (unpaired) electrons. The van der Waals surface area contributed by atoms with Gasteiger partial charge in [-0.1, -0.05) is 6.58 Å². The maximum Gasteiger partial charge on any atom is 0.243 e. The van der Waals surface area contributed by atoms with Crippen molar-refractivity contribution in [3.8, 4) is 0 Å². The molecule has 0 aliphatic heterocycles. The van der Waals surface area contributed by atoms with Crippen LogP contribution in [-0.4, -0.2) is 31.4 Å². The molecule has 57 valence electrons. The summed E-state index contributed by atoms with van der Waals surface area (Å²) < 4.78 is 0. The lowest BCUT2D eigenvalue weighted by atomic mass is 10.5. The zero-order valence-electron chi connectivity index (χ0n) is 6.42. The molecule has 1 N–H and O–H groups in total. The van der Waals surface area contributed by atoms with E-state index in [4.69, 9.17) is 0 Å². The molecule has 0 aliphatic carbocycles. The van der Waals surface area contributed by atoms with Gasteiger partial charge in [0.1, 0.15) is 0 Å². The first kappa shape index (κ1) is 9.17. The molecule has 0 aromatic heterocycles.